The fraction of sp³-hybridized carbons (Fsp3) is 0.353. The molecule has 1 aromatic carbocycles. The summed E-state index contributed by atoms with van der Waals surface area (Å²) in [6.45, 7) is 5.99. The lowest BCUT2D eigenvalue weighted by molar-refractivity contribution is 0.0940. The van der Waals surface area contributed by atoms with E-state index in [0.717, 1.165) is 25.1 Å². The molecule has 1 aliphatic heterocycles. The van der Waals surface area contributed by atoms with Gasteiger partial charge in [0, 0.05) is 21.9 Å². The molecule has 21 heavy (non-hydrogen) atoms. The summed E-state index contributed by atoms with van der Waals surface area (Å²) < 4.78 is 0. The molecule has 3 rings (SSSR count). The van der Waals surface area contributed by atoms with Gasteiger partial charge in [0.2, 0.25) is 0 Å². The van der Waals surface area contributed by atoms with Gasteiger partial charge in [0.05, 0.1) is 6.04 Å². The highest BCUT2D eigenvalue weighted by atomic mass is 32.1. The second-order valence-corrected chi connectivity index (χ2v) is 6.87. The van der Waals surface area contributed by atoms with Crippen LogP contribution in [0.25, 0.3) is 0 Å². The van der Waals surface area contributed by atoms with Crippen LogP contribution in [-0.2, 0) is 13.0 Å². The molecular formula is C17H20N2OS. The first-order chi connectivity index (χ1) is 10.1. The molecule has 2 aromatic rings. The first-order valence-corrected chi connectivity index (χ1v) is 8.15. The molecule has 1 aromatic heterocycles. The van der Waals surface area contributed by atoms with E-state index in [0.29, 0.717) is 0 Å². The Hall–Kier alpha value is -1.65. The first-order valence-electron chi connectivity index (χ1n) is 7.33. The average molecular weight is 300 g/mol. The minimum atomic E-state index is 0.00178. The van der Waals surface area contributed by atoms with E-state index in [1.807, 2.05) is 19.1 Å². The third-order valence-electron chi connectivity index (χ3n) is 3.89. The molecule has 1 unspecified atom stereocenters. The van der Waals surface area contributed by atoms with Crippen LogP contribution in [0.1, 0.15) is 44.2 Å². The largest absolute Gasteiger partial charge is 0.345 e. The van der Waals surface area contributed by atoms with E-state index in [1.165, 1.54) is 20.9 Å². The zero-order valence-corrected chi connectivity index (χ0v) is 13.2. The summed E-state index contributed by atoms with van der Waals surface area (Å²) in [6.07, 6.45) is 1.04. The lowest BCUT2D eigenvalue weighted by Gasteiger charge is -2.18. The predicted octanol–water partition coefficient (Wildman–Crippen LogP) is 3.19. The van der Waals surface area contributed by atoms with Gasteiger partial charge >= 0.3 is 0 Å². The van der Waals surface area contributed by atoms with Crippen molar-refractivity contribution in [2.24, 2.45) is 0 Å². The number of amides is 1. The molecule has 4 heteroatoms. The summed E-state index contributed by atoms with van der Waals surface area (Å²) in [7, 11) is 0. The molecule has 3 nitrogen and oxygen atoms in total. The van der Waals surface area contributed by atoms with E-state index in [4.69, 9.17) is 0 Å². The molecule has 2 N–H and O–H groups in total. The van der Waals surface area contributed by atoms with Crippen molar-refractivity contribution >= 4 is 17.2 Å². The van der Waals surface area contributed by atoms with Gasteiger partial charge in [-0.25, -0.2) is 0 Å². The number of fused-ring (bicyclic) bond motifs is 1. The van der Waals surface area contributed by atoms with Crippen LogP contribution in [0.2, 0.25) is 0 Å². The maximum atomic E-state index is 12.4. The second-order valence-electron chi connectivity index (χ2n) is 5.55. The molecular weight excluding hydrogens is 280 g/mol. The molecule has 0 spiro atoms. The van der Waals surface area contributed by atoms with E-state index in [1.54, 1.807) is 11.3 Å². The highest BCUT2D eigenvalue weighted by Gasteiger charge is 2.15. The smallest absolute Gasteiger partial charge is 0.251 e. The molecule has 0 bridgehead atoms. The summed E-state index contributed by atoms with van der Waals surface area (Å²) in [5.41, 5.74) is 3.35. The molecule has 0 saturated heterocycles. The van der Waals surface area contributed by atoms with Crippen molar-refractivity contribution in [2.75, 3.05) is 6.54 Å². The van der Waals surface area contributed by atoms with Crippen molar-refractivity contribution in [1.82, 2.24) is 10.6 Å². The van der Waals surface area contributed by atoms with Crippen molar-refractivity contribution in [3.8, 4) is 0 Å². The Kier molecular flexibility index (Phi) is 4.08. The van der Waals surface area contributed by atoms with Crippen LogP contribution < -0.4 is 10.6 Å². The third kappa shape index (κ3) is 3.17. The minimum Gasteiger partial charge on any atom is -0.345 e. The maximum absolute atomic E-state index is 12.4. The van der Waals surface area contributed by atoms with E-state index in [9.17, 15) is 4.79 Å². The number of hydrogen-bond donors (Lipinski definition) is 2. The topological polar surface area (TPSA) is 41.1 Å². The zero-order chi connectivity index (χ0) is 14.8. The van der Waals surface area contributed by atoms with Crippen molar-refractivity contribution in [1.29, 1.82) is 0 Å². The summed E-state index contributed by atoms with van der Waals surface area (Å²) >= 11 is 1.73. The van der Waals surface area contributed by atoms with E-state index >= 15 is 0 Å². The van der Waals surface area contributed by atoms with Gasteiger partial charge in [-0.1, -0.05) is 6.07 Å². The van der Waals surface area contributed by atoms with Gasteiger partial charge < -0.3 is 10.6 Å². The fourth-order valence-electron chi connectivity index (χ4n) is 2.66. The molecule has 0 radical (unpaired) electrons. The summed E-state index contributed by atoms with van der Waals surface area (Å²) in [5.74, 6) is 0.00178. The summed E-state index contributed by atoms with van der Waals surface area (Å²) in [5, 5.41) is 6.43. The lowest BCUT2D eigenvalue weighted by Crippen LogP contribution is -2.27. The Balaban J connectivity index is 1.73. The number of aryl methyl sites for hydroxylation is 1. The monoisotopic (exact) mass is 300 g/mol. The maximum Gasteiger partial charge on any atom is 0.251 e. The van der Waals surface area contributed by atoms with Crippen molar-refractivity contribution in [3.05, 3.63) is 56.8 Å². The van der Waals surface area contributed by atoms with E-state index in [-0.39, 0.29) is 11.9 Å². The Morgan fingerprint density at radius 3 is 2.90 bits per heavy atom. The van der Waals surface area contributed by atoms with E-state index in [2.05, 4.69) is 35.8 Å². The highest BCUT2D eigenvalue weighted by molar-refractivity contribution is 7.12. The van der Waals surface area contributed by atoms with Gasteiger partial charge in [-0.05, 0) is 62.2 Å². The average Bonchev–Trinajstić information content (AvgIpc) is 2.93. The van der Waals surface area contributed by atoms with Crippen LogP contribution in [0.3, 0.4) is 0 Å². The number of benzene rings is 1. The normalized spacial score (nSPS) is 15.3. The Morgan fingerprint density at radius 2 is 2.14 bits per heavy atom. The predicted molar refractivity (Wildman–Crippen MR) is 86.8 cm³/mol. The number of thiophene rings is 1. The highest BCUT2D eigenvalue weighted by Crippen LogP contribution is 2.23. The molecule has 1 aliphatic rings. The number of rotatable bonds is 3. The Bertz CT molecular complexity index is 663. The number of hydrogen-bond acceptors (Lipinski definition) is 3. The Labute approximate surface area is 129 Å². The first kappa shape index (κ1) is 14.3. The van der Waals surface area contributed by atoms with Crippen LogP contribution in [0.15, 0.2) is 30.3 Å². The molecule has 1 atom stereocenters. The number of carbonyl (C=O) groups is 1. The van der Waals surface area contributed by atoms with Gasteiger partial charge in [0.25, 0.3) is 5.91 Å². The van der Waals surface area contributed by atoms with Crippen LogP contribution in [0, 0.1) is 6.92 Å². The van der Waals surface area contributed by atoms with Crippen molar-refractivity contribution < 1.29 is 4.79 Å². The molecule has 0 aliphatic carbocycles. The minimum absolute atomic E-state index is 0.00178. The fourth-order valence-corrected chi connectivity index (χ4v) is 3.54. The molecule has 1 amide bonds. The summed E-state index contributed by atoms with van der Waals surface area (Å²) in [4.78, 5) is 14.9. The lowest BCUT2D eigenvalue weighted by atomic mass is 9.98. The Morgan fingerprint density at radius 1 is 1.29 bits per heavy atom. The van der Waals surface area contributed by atoms with Crippen LogP contribution in [0.5, 0.6) is 0 Å². The van der Waals surface area contributed by atoms with Gasteiger partial charge in [-0.15, -0.1) is 11.3 Å². The zero-order valence-electron chi connectivity index (χ0n) is 12.4. The summed E-state index contributed by atoms with van der Waals surface area (Å²) in [6, 6.07) is 10.3. The number of carbonyl (C=O) groups excluding carboxylic acids is 1. The van der Waals surface area contributed by atoms with Gasteiger partial charge in [0.15, 0.2) is 0 Å². The van der Waals surface area contributed by atoms with Gasteiger partial charge in [-0.2, -0.15) is 0 Å². The molecule has 2 heterocycles. The van der Waals surface area contributed by atoms with Gasteiger partial charge in [-0.3, -0.25) is 4.79 Å². The van der Waals surface area contributed by atoms with Crippen LogP contribution in [0.4, 0.5) is 0 Å². The van der Waals surface area contributed by atoms with Crippen LogP contribution in [-0.4, -0.2) is 12.5 Å². The quantitative estimate of drug-likeness (QED) is 0.914. The SMILES string of the molecule is Cc1ccc(C(C)NC(=O)c2ccc3c(c2)CNCC3)s1. The van der Waals surface area contributed by atoms with Crippen molar-refractivity contribution in [2.45, 2.75) is 32.9 Å². The second kappa shape index (κ2) is 6.00. The van der Waals surface area contributed by atoms with Crippen molar-refractivity contribution in [3.63, 3.8) is 0 Å². The standard InChI is InChI=1S/C17H20N2OS/c1-11-3-6-16(21-11)12(2)19-17(20)14-5-4-13-7-8-18-10-15(13)9-14/h3-6,9,12,18H,7-8,10H2,1-2H3,(H,19,20). The third-order valence-corrected chi connectivity index (χ3v) is 5.07. The van der Waals surface area contributed by atoms with E-state index < -0.39 is 0 Å². The number of nitrogens with one attached hydrogen (secondary N) is 2. The molecule has 0 saturated carbocycles. The molecule has 110 valence electrons. The molecule has 0 fully saturated rings. The van der Waals surface area contributed by atoms with Gasteiger partial charge in [0.1, 0.15) is 0 Å². The van der Waals surface area contributed by atoms with Crippen LogP contribution >= 0.6 is 11.3 Å².